The summed E-state index contributed by atoms with van der Waals surface area (Å²) in [7, 11) is 0. The largest absolute Gasteiger partial charge is 0.375 e. The van der Waals surface area contributed by atoms with Crippen LogP contribution in [0.4, 0.5) is 5.13 Å². The van der Waals surface area contributed by atoms with Gasteiger partial charge in [-0.15, -0.1) is 11.3 Å². The third-order valence-corrected chi connectivity index (χ3v) is 4.24. The summed E-state index contributed by atoms with van der Waals surface area (Å²) in [6.07, 6.45) is 2.83. The highest BCUT2D eigenvalue weighted by Crippen LogP contribution is 2.20. The molecule has 0 bridgehead atoms. The molecule has 0 spiro atoms. The fourth-order valence-corrected chi connectivity index (χ4v) is 2.99. The average Bonchev–Trinajstić information content (AvgIpc) is 2.70. The molecule has 0 aliphatic heterocycles. The number of aryl methyl sites for hydroxylation is 2. The van der Waals surface area contributed by atoms with Crippen LogP contribution in [0.3, 0.4) is 0 Å². The standard InChI is InChI=1S/C15H20N4OS/c1-9-5-4-6-17-12(9)7-10(2)18-14(20)8-13-11(3)19-15(16)21-13/h4-6,10H,7-8H2,1-3H3,(H2,16,19)(H,18,20). The molecular weight excluding hydrogens is 284 g/mol. The van der Waals surface area contributed by atoms with Gasteiger partial charge in [0.05, 0.1) is 12.1 Å². The minimum Gasteiger partial charge on any atom is -0.375 e. The van der Waals surface area contributed by atoms with E-state index >= 15 is 0 Å². The second kappa shape index (κ2) is 6.67. The SMILES string of the molecule is Cc1cccnc1CC(C)NC(=O)Cc1sc(N)nc1C. The lowest BCUT2D eigenvalue weighted by Gasteiger charge is -2.14. The molecule has 5 nitrogen and oxygen atoms in total. The number of nitrogen functional groups attached to an aromatic ring is 1. The molecule has 0 saturated heterocycles. The molecular formula is C15H20N4OS. The molecule has 1 unspecified atom stereocenters. The predicted octanol–water partition coefficient (Wildman–Crippen LogP) is 2.03. The second-order valence-corrected chi connectivity index (χ2v) is 6.29. The van der Waals surface area contributed by atoms with Gasteiger partial charge < -0.3 is 11.1 Å². The van der Waals surface area contributed by atoms with Crippen molar-refractivity contribution in [1.29, 1.82) is 0 Å². The fraction of sp³-hybridized carbons (Fsp3) is 0.400. The van der Waals surface area contributed by atoms with E-state index < -0.39 is 0 Å². The maximum absolute atomic E-state index is 12.1. The summed E-state index contributed by atoms with van der Waals surface area (Å²) in [6.45, 7) is 5.89. The number of hydrogen-bond acceptors (Lipinski definition) is 5. The lowest BCUT2D eigenvalue weighted by Crippen LogP contribution is -2.35. The zero-order valence-electron chi connectivity index (χ0n) is 12.5. The topological polar surface area (TPSA) is 80.9 Å². The quantitative estimate of drug-likeness (QED) is 0.885. The van der Waals surface area contributed by atoms with Crippen LogP contribution < -0.4 is 11.1 Å². The maximum Gasteiger partial charge on any atom is 0.225 e. The summed E-state index contributed by atoms with van der Waals surface area (Å²) in [5.41, 5.74) is 8.64. The molecule has 112 valence electrons. The number of nitrogens with zero attached hydrogens (tertiary/aromatic N) is 2. The van der Waals surface area contributed by atoms with E-state index in [1.807, 2.05) is 32.9 Å². The van der Waals surface area contributed by atoms with Gasteiger partial charge in [0.25, 0.3) is 0 Å². The van der Waals surface area contributed by atoms with E-state index in [1.54, 1.807) is 6.20 Å². The van der Waals surface area contributed by atoms with Gasteiger partial charge >= 0.3 is 0 Å². The Kier molecular flexibility index (Phi) is 4.90. The Balaban J connectivity index is 1.90. The Labute approximate surface area is 128 Å². The number of nitrogens with two attached hydrogens (primary N) is 1. The van der Waals surface area contributed by atoms with Gasteiger partial charge in [-0.2, -0.15) is 0 Å². The van der Waals surface area contributed by atoms with Crippen molar-refractivity contribution in [1.82, 2.24) is 15.3 Å². The van der Waals surface area contributed by atoms with Crippen LogP contribution in [-0.4, -0.2) is 21.9 Å². The molecule has 3 N–H and O–H groups in total. The summed E-state index contributed by atoms with van der Waals surface area (Å²) in [6, 6.07) is 3.98. The number of aromatic nitrogens is 2. The van der Waals surface area contributed by atoms with Gasteiger partial charge in [0.2, 0.25) is 5.91 Å². The minimum atomic E-state index is -0.0113. The zero-order chi connectivity index (χ0) is 15.4. The normalized spacial score (nSPS) is 12.1. The van der Waals surface area contributed by atoms with Crippen molar-refractivity contribution in [3.63, 3.8) is 0 Å². The van der Waals surface area contributed by atoms with Crippen LogP contribution in [0.15, 0.2) is 18.3 Å². The van der Waals surface area contributed by atoms with Gasteiger partial charge in [0.1, 0.15) is 0 Å². The number of hydrogen-bond donors (Lipinski definition) is 2. The number of nitrogens with one attached hydrogen (secondary N) is 1. The Morgan fingerprint density at radius 1 is 1.48 bits per heavy atom. The van der Waals surface area contributed by atoms with Crippen molar-refractivity contribution in [2.24, 2.45) is 0 Å². The first-order valence-electron chi connectivity index (χ1n) is 6.87. The van der Waals surface area contributed by atoms with Crippen LogP contribution in [-0.2, 0) is 17.6 Å². The van der Waals surface area contributed by atoms with Crippen LogP contribution >= 0.6 is 11.3 Å². The first-order chi connectivity index (χ1) is 9.95. The summed E-state index contributed by atoms with van der Waals surface area (Å²) in [5.74, 6) is -0.0113. The Hall–Kier alpha value is -1.95. The molecule has 0 aliphatic rings. The number of carbonyl (C=O) groups is 1. The molecule has 0 saturated carbocycles. The van der Waals surface area contributed by atoms with E-state index in [9.17, 15) is 4.79 Å². The van der Waals surface area contributed by atoms with Gasteiger partial charge in [0, 0.05) is 29.2 Å². The second-order valence-electron chi connectivity index (χ2n) is 5.18. The van der Waals surface area contributed by atoms with Crippen LogP contribution in [0.5, 0.6) is 0 Å². The van der Waals surface area contributed by atoms with Crippen LogP contribution in [0, 0.1) is 13.8 Å². The molecule has 0 fully saturated rings. The molecule has 2 aromatic rings. The van der Waals surface area contributed by atoms with Crippen molar-refractivity contribution in [2.75, 3.05) is 5.73 Å². The van der Waals surface area contributed by atoms with E-state index in [0.29, 0.717) is 11.6 Å². The van der Waals surface area contributed by atoms with Gasteiger partial charge in [-0.05, 0) is 32.4 Å². The summed E-state index contributed by atoms with van der Waals surface area (Å²) in [4.78, 5) is 21.5. The number of pyridine rings is 1. The molecule has 6 heteroatoms. The van der Waals surface area contributed by atoms with E-state index in [1.165, 1.54) is 11.3 Å². The van der Waals surface area contributed by atoms with Crippen LogP contribution in [0.2, 0.25) is 0 Å². The molecule has 1 amide bonds. The average molecular weight is 304 g/mol. The van der Waals surface area contributed by atoms with Crippen molar-refractivity contribution in [3.8, 4) is 0 Å². The van der Waals surface area contributed by atoms with Crippen molar-refractivity contribution in [2.45, 2.75) is 39.7 Å². The first-order valence-corrected chi connectivity index (χ1v) is 7.69. The van der Waals surface area contributed by atoms with Crippen LogP contribution in [0.25, 0.3) is 0 Å². The Morgan fingerprint density at radius 3 is 2.86 bits per heavy atom. The molecule has 21 heavy (non-hydrogen) atoms. The van der Waals surface area contributed by atoms with E-state index in [0.717, 1.165) is 28.2 Å². The fourth-order valence-electron chi connectivity index (χ4n) is 2.16. The lowest BCUT2D eigenvalue weighted by molar-refractivity contribution is -0.121. The van der Waals surface area contributed by atoms with Crippen molar-refractivity contribution >= 4 is 22.4 Å². The van der Waals surface area contributed by atoms with Gasteiger partial charge in [-0.25, -0.2) is 4.98 Å². The van der Waals surface area contributed by atoms with Crippen molar-refractivity contribution in [3.05, 3.63) is 40.2 Å². The summed E-state index contributed by atoms with van der Waals surface area (Å²) < 4.78 is 0. The van der Waals surface area contributed by atoms with E-state index in [-0.39, 0.29) is 11.9 Å². The summed E-state index contributed by atoms with van der Waals surface area (Å²) in [5, 5.41) is 3.51. The highest BCUT2D eigenvalue weighted by atomic mass is 32.1. The van der Waals surface area contributed by atoms with Gasteiger partial charge in [0.15, 0.2) is 5.13 Å². The lowest BCUT2D eigenvalue weighted by atomic mass is 10.1. The third kappa shape index (κ3) is 4.26. The van der Waals surface area contributed by atoms with Gasteiger partial charge in [-0.1, -0.05) is 6.07 Å². The monoisotopic (exact) mass is 304 g/mol. The molecule has 1 atom stereocenters. The summed E-state index contributed by atoms with van der Waals surface area (Å²) >= 11 is 1.37. The first kappa shape index (κ1) is 15.4. The molecule has 2 heterocycles. The molecule has 2 rings (SSSR count). The highest BCUT2D eigenvalue weighted by molar-refractivity contribution is 7.15. The van der Waals surface area contributed by atoms with E-state index in [4.69, 9.17) is 5.73 Å². The van der Waals surface area contributed by atoms with Crippen LogP contribution in [0.1, 0.15) is 28.8 Å². The minimum absolute atomic E-state index is 0.0113. The molecule has 0 aromatic carbocycles. The molecule has 0 aliphatic carbocycles. The Morgan fingerprint density at radius 2 is 2.24 bits per heavy atom. The number of thiazole rings is 1. The third-order valence-electron chi connectivity index (χ3n) is 3.26. The van der Waals surface area contributed by atoms with E-state index in [2.05, 4.69) is 15.3 Å². The predicted molar refractivity (Wildman–Crippen MR) is 85.3 cm³/mol. The molecule has 2 aromatic heterocycles. The molecule has 0 radical (unpaired) electrons. The van der Waals surface area contributed by atoms with Gasteiger partial charge in [-0.3, -0.25) is 9.78 Å². The smallest absolute Gasteiger partial charge is 0.225 e. The number of anilines is 1. The van der Waals surface area contributed by atoms with Crippen molar-refractivity contribution < 1.29 is 4.79 Å². The number of carbonyl (C=O) groups excluding carboxylic acids is 1. The highest BCUT2D eigenvalue weighted by Gasteiger charge is 2.14. The Bertz CT molecular complexity index is 638. The number of amides is 1. The number of rotatable bonds is 5. The zero-order valence-corrected chi connectivity index (χ0v) is 13.3. The maximum atomic E-state index is 12.1.